The number of hydrogen-bond donors (Lipinski definition) is 0. The third-order valence-electron chi connectivity index (χ3n) is 2.90. The van der Waals surface area contributed by atoms with E-state index in [1.807, 2.05) is 6.20 Å². The highest BCUT2D eigenvalue weighted by Gasteiger charge is 2.07. The number of thiophene rings is 1. The lowest BCUT2D eigenvalue weighted by atomic mass is 10.2. The Labute approximate surface area is 117 Å². The van der Waals surface area contributed by atoms with Gasteiger partial charge in [0.2, 0.25) is 0 Å². The van der Waals surface area contributed by atoms with E-state index in [0.29, 0.717) is 5.88 Å². The number of nitrogens with zero attached hydrogens (tertiary/aromatic N) is 2. The summed E-state index contributed by atoms with van der Waals surface area (Å²) in [5.74, 6) is 1.56. The normalized spacial score (nSPS) is 10.6. The molecule has 0 aliphatic heterocycles. The summed E-state index contributed by atoms with van der Waals surface area (Å²) in [4.78, 5) is 8.11. The molecule has 0 saturated carbocycles. The number of pyridine rings is 1. The van der Waals surface area contributed by atoms with Crippen LogP contribution in [0.4, 0.5) is 5.82 Å². The predicted molar refractivity (Wildman–Crippen MR) is 79.8 cm³/mol. The van der Waals surface area contributed by atoms with Crippen LogP contribution < -0.4 is 4.90 Å². The van der Waals surface area contributed by atoms with Gasteiger partial charge in [-0.05, 0) is 42.0 Å². The first kappa shape index (κ1) is 13.4. The second kappa shape index (κ2) is 6.21. The van der Waals surface area contributed by atoms with Gasteiger partial charge in [0.25, 0.3) is 0 Å². The van der Waals surface area contributed by atoms with Crippen LogP contribution in [0.5, 0.6) is 0 Å². The summed E-state index contributed by atoms with van der Waals surface area (Å²) >= 11 is 7.61. The quantitative estimate of drug-likeness (QED) is 0.773. The number of alkyl halides is 1. The van der Waals surface area contributed by atoms with Crippen LogP contribution in [0.15, 0.2) is 29.8 Å². The third kappa shape index (κ3) is 3.24. The minimum Gasteiger partial charge on any atom is -0.359 e. The largest absolute Gasteiger partial charge is 0.359 e. The lowest BCUT2D eigenvalue weighted by Gasteiger charge is -2.20. The van der Waals surface area contributed by atoms with Crippen LogP contribution in [0, 0.1) is 6.92 Å². The van der Waals surface area contributed by atoms with Gasteiger partial charge < -0.3 is 4.90 Å². The van der Waals surface area contributed by atoms with Crippen molar-refractivity contribution in [2.75, 3.05) is 18.5 Å². The zero-order valence-electron chi connectivity index (χ0n) is 10.7. The monoisotopic (exact) mass is 280 g/mol. The SMILES string of the molecule is Cc1cc(CCl)cnc1N(C)CCc1cccs1. The zero-order valence-corrected chi connectivity index (χ0v) is 12.3. The lowest BCUT2D eigenvalue weighted by molar-refractivity contribution is 0.862. The first-order chi connectivity index (χ1) is 8.70. The summed E-state index contributed by atoms with van der Waals surface area (Å²) in [5, 5.41) is 2.12. The number of rotatable bonds is 5. The van der Waals surface area contributed by atoms with Crippen molar-refractivity contribution in [1.82, 2.24) is 4.98 Å². The number of likely N-dealkylation sites (N-methyl/N-ethyl adjacent to an activating group) is 1. The Morgan fingerprint density at radius 1 is 1.44 bits per heavy atom. The zero-order chi connectivity index (χ0) is 13.0. The average Bonchev–Trinajstić information content (AvgIpc) is 2.88. The molecule has 2 heterocycles. The molecule has 0 radical (unpaired) electrons. The van der Waals surface area contributed by atoms with Crippen molar-refractivity contribution in [3.8, 4) is 0 Å². The van der Waals surface area contributed by atoms with Crippen molar-refractivity contribution < 1.29 is 0 Å². The summed E-state index contributed by atoms with van der Waals surface area (Å²) in [6, 6.07) is 6.38. The summed E-state index contributed by atoms with van der Waals surface area (Å²) < 4.78 is 0. The topological polar surface area (TPSA) is 16.1 Å². The molecule has 2 aromatic heterocycles. The van der Waals surface area contributed by atoms with E-state index in [4.69, 9.17) is 11.6 Å². The van der Waals surface area contributed by atoms with Crippen LogP contribution in [0.25, 0.3) is 0 Å². The van der Waals surface area contributed by atoms with Crippen molar-refractivity contribution in [3.63, 3.8) is 0 Å². The van der Waals surface area contributed by atoms with Gasteiger partial charge in [0.1, 0.15) is 5.82 Å². The maximum Gasteiger partial charge on any atom is 0.131 e. The van der Waals surface area contributed by atoms with Crippen molar-refractivity contribution in [3.05, 3.63) is 45.8 Å². The van der Waals surface area contributed by atoms with E-state index in [2.05, 4.69) is 47.4 Å². The van der Waals surface area contributed by atoms with Crippen molar-refractivity contribution in [2.45, 2.75) is 19.2 Å². The van der Waals surface area contributed by atoms with E-state index in [-0.39, 0.29) is 0 Å². The second-order valence-electron chi connectivity index (χ2n) is 4.37. The molecule has 0 fully saturated rings. The molecule has 2 nitrogen and oxygen atoms in total. The highest BCUT2D eigenvalue weighted by molar-refractivity contribution is 7.09. The summed E-state index contributed by atoms with van der Waals surface area (Å²) in [6.07, 6.45) is 2.92. The van der Waals surface area contributed by atoms with Gasteiger partial charge >= 0.3 is 0 Å². The second-order valence-corrected chi connectivity index (χ2v) is 5.67. The van der Waals surface area contributed by atoms with Gasteiger partial charge in [-0.1, -0.05) is 6.07 Å². The standard InChI is InChI=1S/C14H17ClN2S/c1-11-8-12(9-15)10-16-14(11)17(2)6-5-13-4-3-7-18-13/h3-4,7-8,10H,5-6,9H2,1-2H3. The molecule has 0 atom stereocenters. The molecule has 0 amide bonds. The number of aryl methyl sites for hydroxylation is 1. The first-order valence-electron chi connectivity index (χ1n) is 5.95. The Bertz CT molecular complexity index is 497. The Morgan fingerprint density at radius 3 is 2.89 bits per heavy atom. The fourth-order valence-electron chi connectivity index (χ4n) is 1.94. The Balaban J connectivity index is 2.02. The number of anilines is 1. The van der Waals surface area contributed by atoms with E-state index >= 15 is 0 Å². The number of aromatic nitrogens is 1. The summed E-state index contributed by atoms with van der Waals surface area (Å²) in [7, 11) is 2.09. The van der Waals surface area contributed by atoms with Crippen molar-refractivity contribution >= 4 is 28.8 Å². The Kier molecular flexibility index (Phi) is 4.61. The van der Waals surface area contributed by atoms with Crippen LogP contribution in [0.2, 0.25) is 0 Å². The molecule has 0 aliphatic rings. The van der Waals surface area contributed by atoms with Crippen LogP contribution >= 0.6 is 22.9 Å². The van der Waals surface area contributed by atoms with E-state index in [0.717, 1.165) is 24.3 Å². The van der Waals surface area contributed by atoms with E-state index in [1.165, 1.54) is 10.4 Å². The molecule has 2 aromatic rings. The Hall–Kier alpha value is -1.06. The molecule has 4 heteroatoms. The summed E-state index contributed by atoms with van der Waals surface area (Å²) in [6.45, 7) is 3.06. The molecular weight excluding hydrogens is 264 g/mol. The van der Waals surface area contributed by atoms with Gasteiger partial charge in [-0.15, -0.1) is 22.9 Å². The highest BCUT2D eigenvalue weighted by Crippen LogP contribution is 2.18. The molecule has 0 bridgehead atoms. The fraction of sp³-hybridized carbons (Fsp3) is 0.357. The van der Waals surface area contributed by atoms with E-state index < -0.39 is 0 Å². The molecule has 0 aliphatic carbocycles. The van der Waals surface area contributed by atoms with Crippen molar-refractivity contribution in [2.24, 2.45) is 0 Å². The van der Waals surface area contributed by atoms with Crippen LogP contribution in [-0.2, 0) is 12.3 Å². The highest BCUT2D eigenvalue weighted by atomic mass is 35.5. The summed E-state index contributed by atoms with van der Waals surface area (Å²) in [5.41, 5.74) is 2.26. The molecule has 0 saturated heterocycles. The molecule has 0 unspecified atom stereocenters. The van der Waals surface area contributed by atoms with Gasteiger partial charge in [-0.3, -0.25) is 0 Å². The lowest BCUT2D eigenvalue weighted by Crippen LogP contribution is -2.22. The van der Waals surface area contributed by atoms with Gasteiger partial charge in [0.05, 0.1) is 0 Å². The van der Waals surface area contributed by atoms with Crippen LogP contribution in [0.3, 0.4) is 0 Å². The minimum absolute atomic E-state index is 0.521. The molecule has 0 aromatic carbocycles. The average molecular weight is 281 g/mol. The van der Waals surface area contributed by atoms with Gasteiger partial charge in [-0.2, -0.15) is 0 Å². The first-order valence-corrected chi connectivity index (χ1v) is 7.37. The van der Waals surface area contributed by atoms with E-state index in [9.17, 15) is 0 Å². The molecular formula is C14H17ClN2S. The Morgan fingerprint density at radius 2 is 2.28 bits per heavy atom. The van der Waals surface area contributed by atoms with Gasteiger partial charge in [-0.25, -0.2) is 4.98 Å². The van der Waals surface area contributed by atoms with Crippen LogP contribution in [-0.4, -0.2) is 18.6 Å². The van der Waals surface area contributed by atoms with Gasteiger partial charge in [0.15, 0.2) is 0 Å². The smallest absolute Gasteiger partial charge is 0.131 e. The molecule has 96 valence electrons. The fourth-order valence-corrected chi connectivity index (χ4v) is 2.78. The minimum atomic E-state index is 0.521. The van der Waals surface area contributed by atoms with Gasteiger partial charge in [0, 0.05) is 30.5 Å². The van der Waals surface area contributed by atoms with Crippen LogP contribution in [0.1, 0.15) is 16.0 Å². The van der Waals surface area contributed by atoms with Crippen molar-refractivity contribution in [1.29, 1.82) is 0 Å². The number of halogens is 1. The molecule has 0 N–H and O–H groups in total. The predicted octanol–water partition coefficient (Wildman–Crippen LogP) is 3.87. The number of hydrogen-bond acceptors (Lipinski definition) is 3. The maximum atomic E-state index is 5.81. The van der Waals surface area contributed by atoms with E-state index in [1.54, 1.807) is 11.3 Å². The molecule has 0 spiro atoms. The third-order valence-corrected chi connectivity index (χ3v) is 4.14. The maximum absolute atomic E-state index is 5.81. The molecule has 2 rings (SSSR count). The molecule has 18 heavy (non-hydrogen) atoms.